The first kappa shape index (κ1) is 18.0. The molecule has 0 bridgehead atoms. The predicted molar refractivity (Wildman–Crippen MR) is 101 cm³/mol. The summed E-state index contributed by atoms with van der Waals surface area (Å²) in [5.41, 5.74) is 1.72. The number of carbonyl (C=O) groups is 1. The van der Waals surface area contributed by atoms with Crippen molar-refractivity contribution in [1.29, 1.82) is 0 Å². The highest BCUT2D eigenvalue weighted by atomic mass is 32.2. The first-order chi connectivity index (χ1) is 12.4. The van der Waals surface area contributed by atoms with Crippen LogP contribution in [0.25, 0.3) is 11.2 Å². The molecule has 0 saturated heterocycles. The number of aryl methyl sites for hydroxylation is 2. The highest BCUT2D eigenvalue weighted by Gasteiger charge is 2.18. The third kappa shape index (κ3) is 3.43. The number of rotatable bonds is 5. The molecular weight excluding hydrogens is 354 g/mol. The van der Waals surface area contributed by atoms with Crippen LogP contribution in [0.3, 0.4) is 0 Å². The second-order valence-electron chi connectivity index (χ2n) is 5.92. The van der Waals surface area contributed by atoms with Crippen molar-refractivity contribution in [3.63, 3.8) is 0 Å². The lowest BCUT2D eigenvalue weighted by molar-refractivity contribution is -0.118. The summed E-state index contributed by atoms with van der Waals surface area (Å²) in [6.45, 7) is 2.41. The van der Waals surface area contributed by atoms with Crippen LogP contribution in [0.4, 0.5) is 0 Å². The van der Waals surface area contributed by atoms with Crippen molar-refractivity contribution in [2.75, 3.05) is 12.8 Å². The molecule has 2 heterocycles. The van der Waals surface area contributed by atoms with E-state index in [0.717, 1.165) is 11.1 Å². The fraction of sp³-hybridized carbons (Fsp3) is 0.294. The molecule has 3 aromatic rings. The van der Waals surface area contributed by atoms with E-state index >= 15 is 0 Å². The zero-order valence-electron chi connectivity index (χ0n) is 14.7. The number of benzene rings is 1. The number of fused-ring (bicyclic) bond motifs is 1. The van der Waals surface area contributed by atoms with Crippen molar-refractivity contribution in [3.05, 3.63) is 56.2 Å². The average Bonchev–Trinajstić information content (AvgIpc) is 2.98. The molecule has 9 heteroatoms. The van der Waals surface area contributed by atoms with Crippen LogP contribution in [0.1, 0.15) is 11.1 Å². The van der Waals surface area contributed by atoms with Gasteiger partial charge in [0.25, 0.3) is 5.56 Å². The highest BCUT2D eigenvalue weighted by Crippen LogP contribution is 2.22. The van der Waals surface area contributed by atoms with E-state index in [2.05, 4.69) is 15.3 Å². The molecule has 0 atom stereocenters. The predicted octanol–water partition coefficient (Wildman–Crippen LogP) is 0.618. The lowest BCUT2D eigenvalue weighted by atomic mass is 10.1. The monoisotopic (exact) mass is 373 g/mol. The van der Waals surface area contributed by atoms with Crippen LogP contribution < -0.4 is 16.6 Å². The summed E-state index contributed by atoms with van der Waals surface area (Å²) in [4.78, 5) is 42.6. The summed E-state index contributed by atoms with van der Waals surface area (Å²) in [5.74, 6) is 0.0197. The SMILES string of the molecule is CNC(=O)CSc1nc2c(c(=O)[nH]c(=O)n2C)n1Cc1ccc(C)cc1. The van der Waals surface area contributed by atoms with Gasteiger partial charge in [-0.2, -0.15) is 0 Å². The number of carbonyl (C=O) groups excluding carboxylic acids is 1. The molecule has 1 amide bonds. The van der Waals surface area contributed by atoms with Crippen LogP contribution >= 0.6 is 11.8 Å². The van der Waals surface area contributed by atoms with Gasteiger partial charge in [0.2, 0.25) is 5.91 Å². The summed E-state index contributed by atoms with van der Waals surface area (Å²) < 4.78 is 3.04. The van der Waals surface area contributed by atoms with Crippen LogP contribution in [0, 0.1) is 6.92 Å². The Labute approximate surface area is 153 Å². The van der Waals surface area contributed by atoms with E-state index in [1.807, 2.05) is 31.2 Å². The molecule has 8 nitrogen and oxygen atoms in total. The van der Waals surface area contributed by atoms with Crippen molar-refractivity contribution in [2.24, 2.45) is 7.05 Å². The maximum Gasteiger partial charge on any atom is 0.329 e. The van der Waals surface area contributed by atoms with Gasteiger partial charge in [0, 0.05) is 14.1 Å². The molecule has 0 radical (unpaired) electrons. The minimum absolute atomic E-state index is 0.147. The Morgan fingerprint density at radius 2 is 1.96 bits per heavy atom. The van der Waals surface area contributed by atoms with E-state index in [1.54, 1.807) is 18.7 Å². The van der Waals surface area contributed by atoms with E-state index in [9.17, 15) is 14.4 Å². The Bertz CT molecular complexity index is 1080. The van der Waals surface area contributed by atoms with Gasteiger partial charge >= 0.3 is 5.69 Å². The molecule has 0 aliphatic rings. The quantitative estimate of drug-likeness (QED) is 0.639. The molecule has 0 spiro atoms. The fourth-order valence-electron chi connectivity index (χ4n) is 2.55. The molecule has 136 valence electrons. The van der Waals surface area contributed by atoms with E-state index in [1.165, 1.54) is 16.3 Å². The maximum atomic E-state index is 12.4. The Kier molecular flexibility index (Phi) is 4.99. The fourth-order valence-corrected chi connectivity index (χ4v) is 3.42. The Morgan fingerprint density at radius 1 is 1.27 bits per heavy atom. The molecule has 1 aromatic carbocycles. The van der Waals surface area contributed by atoms with Gasteiger partial charge in [-0.05, 0) is 12.5 Å². The summed E-state index contributed by atoms with van der Waals surface area (Å²) in [5, 5.41) is 3.07. The molecular formula is C17H19N5O3S. The second kappa shape index (κ2) is 7.20. The van der Waals surface area contributed by atoms with Crippen LogP contribution in [-0.2, 0) is 18.4 Å². The molecule has 0 fully saturated rings. The number of nitrogens with one attached hydrogen (secondary N) is 2. The number of H-pyrrole nitrogens is 1. The van der Waals surface area contributed by atoms with Gasteiger partial charge in [-0.3, -0.25) is 19.1 Å². The zero-order chi connectivity index (χ0) is 18.8. The Morgan fingerprint density at radius 3 is 2.62 bits per heavy atom. The number of thioether (sulfide) groups is 1. The first-order valence-electron chi connectivity index (χ1n) is 7.99. The smallest absolute Gasteiger partial charge is 0.329 e. The maximum absolute atomic E-state index is 12.4. The normalized spacial score (nSPS) is 11.0. The number of nitrogens with zero attached hydrogens (tertiary/aromatic N) is 3. The van der Waals surface area contributed by atoms with E-state index in [-0.39, 0.29) is 11.7 Å². The van der Waals surface area contributed by atoms with Gasteiger partial charge < -0.3 is 9.88 Å². The molecule has 0 aliphatic heterocycles. The second-order valence-corrected chi connectivity index (χ2v) is 6.86. The van der Waals surface area contributed by atoms with Crippen LogP contribution in [-0.4, -0.2) is 37.8 Å². The third-order valence-electron chi connectivity index (χ3n) is 4.04. The van der Waals surface area contributed by atoms with Gasteiger partial charge in [-0.25, -0.2) is 9.78 Å². The van der Waals surface area contributed by atoms with Crippen LogP contribution in [0.2, 0.25) is 0 Å². The number of aromatic amines is 1. The number of aromatic nitrogens is 4. The number of amides is 1. The van der Waals surface area contributed by atoms with Gasteiger partial charge in [0.1, 0.15) is 0 Å². The molecule has 0 unspecified atom stereocenters. The Hall–Kier alpha value is -2.81. The average molecular weight is 373 g/mol. The van der Waals surface area contributed by atoms with E-state index in [0.29, 0.717) is 22.9 Å². The van der Waals surface area contributed by atoms with Crippen molar-refractivity contribution in [2.45, 2.75) is 18.6 Å². The van der Waals surface area contributed by atoms with Crippen molar-refractivity contribution in [3.8, 4) is 0 Å². The van der Waals surface area contributed by atoms with Gasteiger partial charge in [-0.1, -0.05) is 41.6 Å². The standard InChI is InChI=1S/C17H19N5O3S/c1-10-4-6-11(7-5-10)8-22-13-14(21(3)16(25)20-15(13)24)19-17(22)26-9-12(23)18-2/h4-7H,8-9H2,1-3H3,(H,18,23)(H,20,24,25). The summed E-state index contributed by atoms with van der Waals surface area (Å²) >= 11 is 1.22. The molecule has 0 saturated carbocycles. The van der Waals surface area contributed by atoms with Gasteiger partial charge in [0.15, 0.2) is 16.3 Å². The van der Waals surface area contributed by atoms with Crippen LogP contribution in [0.5, 0.6) is 0 Å². The largest absolute Gasteiger partial charge is 0.358 e. The highest BCUT2D eigenvalue weighted by molar-refractivity contribution is 7.99. The lowest BCUT2D eigenvalue weighted by Gasteiger charge is -2.09. The van der Waals surface area contributed by atoms with Crippen molar-refractivity contribution in [1.82, 2.24) is 24.4 Å². The summed E-state index contributed by atoms with van der Waals surface area (Å²) in [6.07, 6.45) is 0. The minimum atomic E-state index is -0.523. The number of hydrogen-bond acceptors (Lipinski definition) is 5. The summed E-state index contributed by atoms with van der Waals surface area (Å²) in [7, 11) is 3.11. The lowest BCUT2D eigenvalue weighted by Crippen LogP contribution is -2.29. The zero-order valence-corrected chi connectivity index (χ0v) is 15.5. The summed E-state index contributed by atoms with van der Waals surface area (Å²) in [6, 6.07) is 7.94. The topological polar surface area (TPSA) is 102 Å². The Balaban J connectivity index is 2.14. The molecule has 2 aromatic heterocycles. The van der Waals surface area contributed by atoms with Crippen molar-refractivity contribution >= 4 is 28.8 Å². The first-order valence-corrected chi connectivity index (χ1v) is 8.97. The molecule has 0 aliphatic carbocycles. The molecule has 2 N–H and O–H groups in total. The van der Waals surface area contributed by atoms with E-state index in [4.69, 9.17) is 0 Å². The van der Waals surface area contributed by atoms with Gasteiger partial charge in [-0.15, -0.1) is 0 Å². The minimum Gasteiger partial charge on any atom is -0.358 e. The molecule has 26 heavy (non-hydrogen) atoms. The van der Waals surface area contributed by atoms with Gasteiger partial charge in [0.05, 0.1) is 12.3 Å². The third-order valence-corrected chi connectivity index (χ3v) is 5.02. The number of imidazole rings is 1. The molecule has 3 rings (SSSR count). The van der Waals surface area contributed by atoms with Crippen LogP contribution in [0.15, 0.2) is 39.0 Å². The van der Waals surface area contributed by atoms with E-state index < -0.39 is 11.2 Å². The number of hydrogen-bond donors (Lipinski definition) is 2. The van der Waals surface area contributed by atoms with Crippen molar-refractivity contribution < 1.29 is 4.79 Å².